The van der Waals surface area contributed by atoms with Crippen molar-refractivity contribution in [3.8, 4) is 11.5 Å². The number of aliphatic hydroxyl groups is 2. The number of hydrogen-bond donors (Lipinski definition) is 5. The minimum atomic E-state index is -5.26. The second-order valence-electron chi connectivity index (χ2n) is 9.33. The van der Waals surface area contributed by atoms with Gasteiger partial charge in [-0.05, 0) is 35.4 Å². The lowest BCUT2D eigenvalue weighted by atomic mass is 10.1. The second kappa shape index (κ2) is 13.9. The number of phosphoric ester groups is 1. The first-order valence-electron chi connectivity index (χ1n) is 12.6. The number of rotatable bonds is 13. The molecule has 0 spiro atoms. The van der Waals surface area contributed by atoms with Crippen molar-refractivity contribution in [2.45, 2.75) is 37.6 Å². The van der Waals surface area contributed by atoms with Crippen LogP contribution in [0, 0.1) is 4.64 Å². The van der Waals surface area contributed by atoms with E-state index in [1.54, 1.807) is 19.2 Å². The molecule has 0 saturated carbocycles. The van der Waals surface area contributed by atoms with Crippen molar-refractivity contribution in [2.24, 2.45) is 0 Å². The Hall–Kier alpha value is -2.72. The van der Waals surface area contributed by atoms with Gasteiger partial charge in [0, 0.05) is 25.3 Å². The number of aromatic amines is 1. The summed E-state index contributed by atoms with van der Waals surface area (Å²) < 4.78 is 54.5. The Bertz CT molecular complexity index is 1620. The van der Waals surface area contributed by atoms with Crippen LogP contribution in [0.4, 0.5) is 0 Å². The van der Waals surface area contributed by atoms with E-state index >= 15 is 0 Å². The smallest absolute Gasteiger partial charge is 0.483 e. The number of aromatic nitrogens is 2. The molecule has 2 heterocycles. The number of benzene rings is 2. The summed E-state index contributed by atoms with van der Waals surface area (Å²) in [5, 5.41) is 21.1. The van der Waals surface area contributed by atoms with Crippen LogP contribution in [0.2, 0.25) is 0 Å². The lowest BCUT2D eigenvalue weighted by Crippen LogP contribution is -2.36. The van der Waals surface area contributed by atoms with Gasteiger partial charge in [0.25, 0.3) is 0 Å². The van der Waals surface area contributed by atoms with Crippen molar-refractivity contribution in [1.29, 1.82) is 0 Å². The van der Waals surface area contributed by atoms with Crippen LogP contribution in [0.3, 0.4) is 0 Å². The van der Waals surface area contributed by atoms with Crippen molar-refractivity contribution in [3.05, 3.63) is 86.5 Å². The molecule has 15 nitrogen and oxygen atoms in total. The van der Waals surface area contributed by atoms with Crippen molar-refractivity contribution in [1.82, 2.24) is 9.55 Å². The molecule has 0 aliphatic carbocycles. The van der Waals surface area contributed by atoms with Gasteiger partial charge in [0.2, 0.25) is 0 Å². The van der Waals surface area contributed by atoms with Crippen molar-refractivity contribution >= 4 is 27.9 Å². The predicted octanol–water partition coefficient (Wildman–Crippen LogP) is 2.58. The van der Waals surface area contributed by atoms with Gasteiger partial charge < -0.3 is 34.2 Å². The first-order chi connectivity index (χ1) is 20.3. The van der Waals surface area contributed by atoms with Crippen LogP contribution in [0.5, 0.6) is 11.5 Å². The highest BCUT2D eigenvalue weighted by Gasteiger charge is 2.46. The van der Waals surface area contributed by atoms with Crippen LogP contribution in [-0.2, 0) is 40.3 Å². The third-order valence-electron chi connectivity index (χ3n) is 6.34. The molecule has 1 saturated heterocycles. The summed E-state index contributed by atoms with van der Waals surface area (Å²) in [6, 6.07) is 14.8. The second-order valence-corrected chi connectivity index (χ2v) is 12.9. The first-order valence-corrected chi connectivity index (χ1v) is 16.0. The van der Waals surface area contributed by atoms with E-state index in [0.29, 0.717) is 24.3 Å². The third kappa shape index (κ3) is 8.69. The van der Waals surface area contributed by atoms with E-state index in [2.05, 4.69) is 13.8 Å². The number of H-pyrrole nitrogens is 1. The molecule has 1 unspecified atom stereocenters. The molecule has 5 N–H and O–H groups in total. The normalized spacial score (nSPS) is 21.8. The Kier molecular flexibility index (Phi) is 10.7. The molecular formula is C25H30N2O13P2S. The van der Waals surface area contributed by atoms with Crippen LogP contribution >= 0.6 is 27.9 Å². The molecule has 2 aromatic carbocycles. The zero-order valence-electron chi connectivity index (χ0n) is 22.8. The topological polar surface area (TPSA) is 208 Å². The van der Waals surface area contributed by atoms with Gasteiger partial charge in [-0.15, -0.1) is 0 Å². The van der Waals surface area contributed by atoms with Crippen LogP contribution < -0.4 is 15.2 Å². The van der Waals surface area contributed by atoms with Crippen molar-refractivity contribution < 1.29 is 56.7 Å². The average molecular weight is 661 g/mol. The highest BCUT2D eigenvalue weighted by molar-refractivity contribution is 7.71. The number of hydrogen-bond acceptors (Lipinski definition) is 12. The summed E-state index contributed by atoms with van der Waals surface area (Å²) in [5.41, 5.74) is 1.54. The zero-order chi connectivity index (χ0) is 31.4. The van der Waals surface area contributed by atoms with Crippen LogP contribution in [0.15, 0.2) is 59.5 Å². The first kappa shape index (κ1) is 33.2. The van der Waals surface area contributed by atoms with Gasteiger partial charge in [-0.25, -0.2) is 13.9 Å². The highest BCUT2D eigenvalue weighted by Crippen LogP contribution is 2.60. The van der Waals surface area contributed by atoms with E-state index in [9.17, 15) is 24.1 Å². The van der Waals surface area contributed by atoms with E-state index in [4.69, 9.17) is 40.7 Å². The van der Waals surface area contributed by atoms with Gasteiger partial charge in [-0.3, -0.25) is 18.6 Å². The molecule has 234 valence electrons. The van der Waals surface area contributed by atoms with Gasteiger partial charge in [0.1, 0.15) is 41.1 Å². The van der Waals surface area contributed by atoms with Crippen molar-refractivity contribution in [3.63, 3.8) is 0 Å². The maximum Gasteiger partial charge on any atom is 0.483 e. The van der Waals surface area contributed by atoms with Gasteiger partial charge in [-0.2, -0.15) is 4.31 Å². The van der Waals surface area contributed by atoms with Gasteiger partial charge in [0.15, 0.2) is 6.23 Å². The Balaban J connectivity index is 1.44. The lowest BCUT2D eigenvalue weighted by Gasteiger charge is -2.20. The van der Waals surface area contributed by atoms with Crippen LogP contribution in [-0.4, -0.2) is 68.7 Å². The molecule has 1 fully saturated rings. The fourth-order valence-electron chi connectivity index (χ4n) is 4.20. The Morgan fingerprint density at radius 1 is 1.02 bits per heavy atom. The minimum absolute atomic E-state index is 0.156. The molecule has 0 bridgehead atoms. The van der Waals surface area contributed by atoms with Crippen molar-refractivity contribution in [2.75, 3.05) is 20.8 Å². The fraction of sp³-hybridized carbons (Fsp3) is 0.360. The zero-order valence-corrected chi connectivity index (χ0v) is 25.4. The SMILES string of the molecule is COc1cccc(COc2ccc(Cc3cn([C@@H]4O[C@H](COP(=O)(OC)OP(=O)(O)O)[C@@H](O)[C@H]4O)c(=O)[nH]c3=S)cc2)c1. The molecule has 1 aromatic heterocycles. The van der Waals surface area contributed by atoms with Gasteiger partial charge >= 0.3 is 21.3 Å². The maximum absolute atomic E-state index is 12.7. The predicted molar refractivity (Wildman–Crippen MR) is 152 cm³/mol. The molecule has 0 amide bonds. The van der Waals surface area contributed by atoms with Gasteiger partial charge in [0.05, 0.1) is 13.7 Å². The molecule has 4 rings (SSSR count). The van der Waals surface area contributed by atoms with E-state index in [1.807, 2.05) is 36.4 Å². The van der Waals surface area contributed by atoms with E-state index in [0.717, 1.165) is 28.6 Å². The standard InChI is InChI=1S/C25H30N2O13P2S/c1-35-19-5-3-4-16(11-19)13-37-18-8-6-15(7-9-18)10-17-12-27(25(30)26-23(17)43)24-22(29)21(28)20(39-24)14-38-42(34,36-2)40-41(31,32)33/h3-9,11-12,20-22,24,28-29H,10,13-14H2,1-2H3,(H,26,30,43)(H2,31,32,33)/t20-,21-,22-,24-,42?/m1/s1. The molecule has 5 atom stereocenters. The quantitative estimate of drug-likeness (QED) is 0.132. The molecular weight excluding hydrogens is 630 g/mol. The highest BCUT2D eigenvalue weighted by atomic mass is 32.1. The summed E-state index contributed by atoms with van der Waals surface area (Å²) >= 11 is 5.33. The summed E-state index contributed by atoms with van der Waals surface area (Å²) in [4.78, 5) is 33.1. The van der Waals surface area contributed by atoms with E-state index in [-0.39, 0.29) is 4.64 Å². The maximum atomic E-state index is 12.7. The largest absolute Gasteiger partial charge is 0.497 e. The van der Waals surface area contributed by atoms with E-state index < -0.39 is 52.5 Å². The number of nitrogens with one attached hydrogen (secondary N) is 1. The molecule has 18 heteroatoms. The lowest BCUT2D eigenvalue weighted by molar-refractivity contribution is -0.0547. The number of nitrogens with zero attached hydrogens (tertiary/aromatic N) is 1. The van der Waals surface area contributed by atoms with Crippen LogP contribution in [0.1, 0.15) is 22.9 Å². The summed E-state index contributed by atoms with van der Waals surface area (Å²) in [7, 11) is -7.58. The molecule has 0 radical (unpaired) electrons. The Labute approximate surface area is 250 Å². The molecule has 3 aromatic rings. The average Bonchev–Trinajstić information content (AvgIpc) is 3.25. The number of phosphoric acid groups is 2. The molecule has 1 aliphatic heterocycles. The Morgan fingerprint density at radius 2 is 1.74 bits per heavy atom. The monoisotopic (exact) mass is 660 g/mol. The minimum Gasteiger partial charge on any atom is -0.497 e. The molecule has 43 heavy (non-hydrogen) atoms. The van der Waals surface area contributed by atoms with E-state index in [1.165, 1.54) is 6.20 Å². The molecule has 1 aliphatic rings. The third-order valence-corrected chi connectivity index (χ3v) is 9.27. The number of ether oxygens (including phenoxy) is 3. The Morgan fingerprint density at radius 3 is 2.40 bits per heavy atom. The summed E-state index contributed by atoms with van der Waals surface area (Å²) in [6.45, 7) is -0.426. The number of methoxy groups -OCH3 is 1. The fourth-order valence-corrected chi connectivity index (χ4v) is 6.34. The number of aliphatic hydroxyl groups excluding tert-OH is 2. The summed E-state index contributed by atoms with van der Waals surface area (Å²) in [5.74, 6) is 1.36. The van der Waals surface area contributed by atoms with Crippen LogP contribution in [0.25, 0.3) is 0 Å². The summed E-state index contributed by atoms with van der Waals surface area (Å²) in [6.07, 6.45) is -4.41. The van der Waals surface area contributed by atoms with Gasteiger partial charge in [-0.1, -0.05) is 36.5 Å².